The topological polar surface area (TPSA) is 119 Å². The number of para-hydroxylation sites is 1. The van der Waals surface area contributed by atoms with Crippen LogP contribution in [0.25, 0.3) is 17.1 Å². The van der Waals surface area contributed by atoms with Gasteiger partial charge in [-0.05, 0) is 36.4 Å². The monoisotopic (exact) mass is 490 g/mol. The van der Waals surface area contributed by atoms with Gasteiger partial charge in [0, 0.05) is 42.9 Å². The van der Waals surface area contributed by atoms with Crippen LogP contribution in [0.15, 0.2) is 59.4 Å². The molecule has 4 aromatic rings. The van der Waals surface area contributed by atoms with E-state index < -0.39 is 5.97 Å². The lowest BCUT2D eigenvalue weighted by molar-refractivity contribution is 0.0591. The molecular formula is C25H23ClN6O3. The second-order valence-corrected chi connectivity index (χ2v) is 8.64. The van der Waals surface area contributed by atoms with E-state index in [1.165, 1.54) is 11.8 Å². The van der Waals surface area contributed by atoms with Gasteiger partial charge in [0.1, 0.15) is 11.0 Å². The van der Waals surface area contributed by atoms with Crippen molar-refractivity contribution in [3.63, 3.8) is 0 Å². The average molecular weight is 491 g/mol. The van der Waals surface area contributed by atoms with Crippen LogP contribution < -0.4 is 11.3 Å². The van der Waals surface area contributed by atoms with Crippen LogP contribution in [-0.4, -0.2) is 44.3 Å². The molecule has 178 valence electrons. The van der Waals surface area contributed by atoms with Crippen molar-refractivity contribution in [1.29, 1.82) is 0 Å². The van der Waals surface area contributed by atoms with Crippen LogP contribution in [0, 0.1) is 0 Å². The van der Waals surface area contributed by atoms with E-state index in [4.69, 9.17) is 27.1 Å². The second-order valence-electron chi connectivity index (χ2n) is 8.28. The summed E-state index contributed by atoms with van der Waals surface area (Å²) in [5.74, 6) is -0.0518. The number of hydrogen-bond donors (Lipinski definition) is 2. The number of methoxy groups -OCH3 is 1. The molecule has 0 amide bonds. The Morgan fingerprint density at radius 1 is 1.17 bits per heavy atom. The fraction of sp³-hybridized carbons (Fsp3) is 0.200. The van der Waals surface area contributed by atoms with Gasteiger partial charge in [-0.25, -0.2) is 14.5 Å². The zero-order valence-corrected chi connectivity index (χ0v) is 19.7. The molecule has 0 atom stereocenters. The third-order valence-corrected chi connectivity index (χ3v) is 6.40. The Kier molecular flexibility index (Phi) is 6.10. The van der Waals surface area contributed by atoms with Gasteiger partial charge in [-0.15, -0.1) is 0 Å². The van der Waals surface area contributed by atoms with Gasteiger partial charge >= 0.3 is 5.97 Å². The Morgan fingerprint density at radius 2 is 1.91 bits per heavy atom. The molecule has 0 fully saturated rings. The predicted molar refractivity (Wildman–Crippen MR) is 132 cm³/mol. The lowest BCUT2D eigenvalue weighted by Gasteiger charge is -2.27. The molecule has 5 rings (SSSR count). The van der Waals surface area contributed by atoms with Crippen LogP contribution in [-0.2, 0) is 24.2 Å². The molecule has 2 aromatic carbocycles. The highest BCUT2D eigenvalue weighted by Crippen LogP contribution is 2.28. The fourth-order valence-electron chi connectivity index (χ4n) is 4.19. The number of benzene rings is 2. The first-order chi connectivity index (χ1) is 16.9. The maximum atomic E-state index is 12.9. The first-order valence-electron chi connectivity index (χ1n) is 11.1. The van der Waals surface area contributed by atoms with E-state index in [1.54, 1.807) is 12.1 Å². The molecule has 1 aliphatic heterocycles. The number of aromatic nitrogens is 4. The third-order valence-electron chi connectivity index (χ3n) is 6.01. The number of hydrogen-bond acceptors (Lipinski definition) is 7. The number of halogens is 1. The van der Waals surface area contributed by atoms with E-state index in [0.717, 1.165) is 16.9 Å². The summed E-state index contributed by atoms with van der Waals surface area (Å²) in [6.07, 6.45) is 0.583. The molecule has 35 heavy (non-hydrogen) atoms. The molecule has 0 saturated carbocycles. The van der Waals surface area contributed by atoms with Crippen LogP contribution in [0.3, 0.4) is 0 Å². The number of carbonyl (C=O) groups is 1. The molecule has 9 nitrogen and oxygen atoms in total. The molecule has 0 spiro atoms. The fourth-order valence-corrected chi connectivity index (χ4v) is 4.47. The van der Waals surface area contributed by atoms with Crippen molar-refractivity contribution < 1.29 is 9.53 Å². The van der Waals surface area contributed by atoms with E-state index in [-0.39, 0.29) is 11.3 Å². The van der Waals surface area contributed by atoms with E-state index in [0.29, 0.717) is 53.8 Å². The number of H-pyrrole nitrogens is 1. The van der Waals surface area contributed by atoms with Crippen LogP contribution in [0.1, 0.15) is 27.3 Å². The maximum absolute atomic E-state index is 12.9. The summed E-state index contributed by atoms with van der Waals surface area (Å²) >= 11 is 6.69. The summed E-state index contributed by atoms with van der Waals surface area (Å²) in [6, 6.07) is 16.5. The van der Waals surface area contributed by atoms with Crippen molar-refractivity contribution in [3.05, 3.63) is 92.6 Å². The number of rotatable bonds is 5. The minimum atomic E-state index is -0.568. The number of fused-ring (bicyclic) bond motifs is 1. The highest BCUT2D eigenvalue weighted by molar-refractivity contribution is 6.31. The summed E-state index contributed by atoms with van der Waals surface area (Å²) in [4.78, 5) is 35.0. The summed E-state index contributed by atoms with van der Waals surface area (Å²) in [7, 11) is 1.31. The number of ether oxygens (including phenoxy) is 1. The minimum Gasteiger partial charge on any atom is -0.464 e. The average Bonchev–Trinajstić information content (AvgIpc) is 3.20. The van der Waals surface area contributed by atoms with Gasteiger partial charge in [0.15, 0.2) is 5.69 Å². The van der Waals surface area contributed by atoms with Gasteiger partial charge < -0.3 is 15.5 Å². The number of nitrogens with one attached hydrogen (secondary N) is 1. The lowest BCUT2D eigenvalue weighted by Crippen LogP contribution is -2.35. The first kappa shape index (κ1) is 22.8. The molecule has 3 N–H and O–H groups in total. The number of esters is 1. The van der Waals surface area contributed by atoms with Crippen molar-refractivity contribution in [2.45, 2.75) is 19.5 Å². The van der Waals surface area contributed by atoms with Gasteiger partial charge in [0.05, 0.1) is 24.1 Å². The number of nitrogens with two attached hydrogens (primary N) is 1. The number of anilines is 1. The van der Waals surface area contributed by atoms with Gasteiger partial charge in [0.2, 0.25) is 0 Å². The zero-order valence-electron chi connectivity index (χ0n) is 19.0. The highest BCUT2D eigenvalue weighted by atomic mass is 35.5. The first-order valence-corrected chi connectivity index (χ1v) is 11.4. The molecule has 1 aliphatic rings. The Labute approximate surface area is 206 Å². The van der Waals surface area contributed by atoms with Crippen LogP contribution in [0.2, 0.25) is 5.15 Å². The molecule has 0 aliphatic carbocycles. The van der Waals surface area contributed by atoms with Crippen molar-refractivity contribution in [1.82, 2.24) is 24.6 Å². The van der Waals surface area contributed by atoms with E-state index in [9.17, 15) is 9.59 Å². The summed E-state index contributed by atoms with van der Waals surface area (Å²) in [6.45, 7) is 1.33. The minimum absolute atomic E-state index is 0.151. The van der Waals surface area contributed by atoms with Gasteiger partial charge in [-0.1, -0.05) is 29.8 Å². The Balaban J connectivity index is 1.44. The molecule has 0 unspecified atom stereocenters. The number of nitrogen functional groups attached to an aromatic ring is 1. The largest absolute Gasteiger partial charge is 0.464 e. The summed E-state index contributed by atoms with van der Waals surface area (Å²) in [5.41, 5.74) is 9.81. The van der Waals surface area contributed by atoms with E-state index in [2.05, 4.69) is 10.1 Å². The molecule has 0 radical (unpaired) electrons. The van der Waals surface area contributed by atoms with Gasteiger partial charge in [0.25, 0.3) is 5.56 Å². The van der Waals surface area contributed by atoms with Gasteiger partial charge in [-0.3, -0.25) is 9.69 Å². The van der Waals surface area contributed by atoms with Crippen LogP contribution in [0.4, 0.5) is 5.69 Å². The highest BCUT2D eigenvalue weighted by Gasteiger charge is 2.28. The molecule has 10 heteroatoms. The smallest absolute Gasteiger partial charge is 0.358 e. The second kappa shape index (κ2) is 9.36. The number of nitrogens with zero attached hydrogens (tertiary/aromatic N) is 4. The Morgan fingerprint density at radius 3 is 2.63 bits per heavy atom. The molecule has 0 saturated heterocycles. The third kappa shape index (κ3) is 4.43. The van der Waals surface area contributed by atoms with Crippen molar-refractivity contribution in [2.24, 2.45) is 0 Å². The predicted octanol–water partition coefficient (Wildman–Crippen LogP) is 3.20. The molecular weight excluding hydrogens is 468 g/mol. The maximum Gasteiger partial charge on any atom is 0.358 e. The quantitative estimate of drug-likeness (QED) is 0.325. The lowest BCUT2D eigenvalue weighted by atomic mass is 10.1. The van der Waals surface area contributed by atoms with Crippen molar-refractivity contribution >= 4 is 23.3 Å². The summed E-state index contributed by atoms with van der Waals surface area (Å²) in [5, 5.41) is 4.75. The van der Waals surface area contributed by atoms with Crippen LogP contribution in [0.5, 0.6) is 0 Å². The van der Waals surface area contributed by atoms with Crippen molar-refractivity contribution in [2.75, 3.05) is 19.4 Å². The number of aromatic amines is 1. The Bertz CT molecular complexity index is 1450. The van der Waals surface area contributed by atoms with Gasteiger partial charge in [-0.2, -0.15) is 5.10 Å². The number of carbonyl (C=O) groups excluding carboxylic acids is 1. The Hall–Kier alpha value is -3.95. The zero-order chi connectivity index (χ0) is 24.5. The molecule has 0 bridgehead atoms. The van der Waals surface area contributed by atoms with E-state index in [1.807, 2.05) is 47.4 Å². The summed E-state index contributed by atoms with van der Waals surface area (Å²) < 4.78 is 6.47. The molecule has 2 aromatic heterocycles. The standard InChI is InChI=1S/C25H23ClN6O3/c1-35-25(34)21-19(22(26)32(30-21)17-5-3-2-4-6-17)14-31-12-11-20-18(13-31)24(33)29-23(28-20)15-7-9-16(27)10-8-15/h2-10H,11-14,27H2,1H3,(H,28,29,33). The molecule has 3 heterocycles. The van der Waals surface area contributed by atoms with E-state index >= 15 is 0 Å². The normalized spacial score (nSPS) is 13.4. The van der Waals surface area contributed by atoms with Crippen LogP contribution >= 0.6 is 11.6 Å². The van der Waals surface area contributed by atoms with Crippen molar-refractivity contribution in [3.8, 4) is 17.1 Å². The SMILES string of the molecule is COC(=O)c1nn(-c2ccccc2)c(Cl)c1CN1CCc2nc(-c3ccc(N)cc3)[nH]c(=O)c2C1.